The number of nitrogens with one attached hydrogen (secondary N) is 2. The van der Waals surface area contributed by atoms with Crippen LogP contribution in [0.15, 0.2) is 36.4 Å². The number of methoxy groups -OCH3 is 1. The summed E-state index contributed by atoms with van der Waals surface area (Å²) in [5, 5.41) is 3.59. The molecular weight excluding hydrogens is 352 g/mol. The van der Waals surface area contributed by atoms with Crippen molar-refractivity contribution in [2.75, 3.05) is 20.2 Å². The van der Waals surface area contributed by atoms with Crippen molar-refractivity contribution in [3.8, 4) is 11.5 Å². The van der Waals surface area contributed by atoms with E-state index in [1.54, 1.807) is 7.11 Å². The van der Waals surface area contributed by atoms with Gasteiger partial charge in [-0.25, -0.2) is 0 Å². The van der Waals surface area contributed by atoms with E-state index in [4.69, 9.17) is 9.57 Å². The van der Waals surface area contributed by atoms with Crippen molar-refractivity contribution in [2.45, 2.75) is 44.4 Å². The maximum Gasteiger partial charge on any atom is 0.257 e. The van der Waals surface area contributed by atoms with Gasteiger partial charge in [0.25, 0.3) is 5.91 Å². The first-order valence-electron chi connectivity index (χ1n) is 10.2. The van der Waals surface area contributed by atoms with Crippen LogP contribution >= 0.6 is 0 Å². The lowest BCUT2D eigenvalue weighted by atomic mass is 9.80. The summed E-state index contributed by atoms with van der Waals surface area (Å²) in [5.41, 5.74) is 7.48. The van der Waals surface area contributed by atoms with Crippen LogP contribution in [0, 0.1) is 0 Å². The monoisotopic (exact) mass is 380 g/mol. The van der Waals surface area contributed by atoms with E-state index in [1.165, 1.54) is 29.5 Å². The topological polar surface area (TPSA) is 59.6 Å². The Labute approximate surface area is 166 Å². The number of carbonyl (C=O) groups excluding carboxylic acids is 1. The van der Waals surface area contributed by atoms with Gasteiger partial charge in [-0.05, 0) is 79.9 Å². The van der Waals surface area contributed by atoms with Gasteiger partial charge < -0.3 is 14.9 Å². The Hall–Kier alpha value is -2.53. The maximum atomic E-state index is 11.3. The van der Waals surface area contributed by atoms with Crippen molar-refractivity contribution in [3.63, 3.8) is 0 Å². The Kier molecular flexibility index (Phi) is 5.81. The van der Waals surface area contributed by atoms with Crippen molar-refractivity contribution in [1.29, 1.82) is 0 Å². The Morgan fingerprint density at radius 3 is 3.07 bits per heavy atom. The zero-order valence-electron chi connectivity index (χ0n) is 16.4. The second kappa shape index (κ2) is 8.65. The molecule has 1 aliphatic heterocycles. The Balaban J connectivity index is 1.26. The van der Waals surface area contributed by atoms with Gasteiger partial charge in [0, 0.05) is 5.56 Å². The molecule has 1 amide bonds. The molecule has 5 nitrogen and oxygen atoms in total. The van der Waals surface area contributed by atoms with Crippen molar-refractivity contribution in [1.82, 2.24) is 10.8 Å². The van der Waals surface area contributed by atoms with Crippen molar-refractivity contribution < 1.29 is 14.4 Å². The summed E-state index contributed by atoms with van der Waals surface area (Å²) in [6.45, 7) is 1.95. The van der Waals surface area contributed by atoms with Gasteiger partial charge in [-0.2, -0.15) is 5.48 Å². The van der Waals surface area contributed by atoms with Crippen LogP contribution in [0.3, 0.4) is 0 Å². The normalized spacial score (nSPS) is 17.9. The molecule has 2 aromatic rings. The third-order valence-corrected chi connectivity index (χ3v) is 5.83. The Bertz CT molecular complexity index is 850. The van der Waals surface area contributed by atoms with E-state index in [0.717, 1.165) is 49.4 Å². The van der Waals surface area contributed by atoms with Crippen LogP contribution in [0.4, 0.5) is 0 Å². The summed E-state index contributed by atoms with van der Waals surface area (Å²) in [5.74, 6) is 2.33. The molecule has 1 aliphatic carbocycles. The first-order valence-corrected chi connectivity index (χ1v) is 10.2. The summed E-state index contributed by atoms with van der Waals surface area (Å²) in [4.78, 5) is 16.6. The number of carbonyl (C=O) groups is 1. The number of benzene rings is 2. The summed E-state index contributed by atoms with van der Waals surface area (Å²) in [7, 11) is 1.76. The number of hydrogen-bond acceptors (Lipinski definition) is 4. The third-order valence-electron chi connectivity index (χ3n) is 5.83. The average molecular weight is 380 g/mol. The van der Waals surface area contributed by atoms with E-state index in [-0.39, 0.29) is 5.91 Å². The molecule has 5 heteroatoms. The van der Waals surface area contributed by atoms with Gasteiger partial charge in [0.1, 0.15) is 5.75 Å². The first kappa shape index (κ1) is 18.8. The number of amides is 1. The molecule has 1 unspecified atom stereocenters. The summed E-state index contributed by atoms with van der Waals surface area (Å²) < 4.78 is 5.55. The summed E-state index contributed by atoms with van der Waals surface area (Å²) in [6, 6.07) is 12.6. The average Bonchev–Trinajstić information content (AvgIpc) is 2.73. The highest BCUT2D eigenvalue weighted by Gasteiger charge is 2.22. The molecule has 0 aromatic heterocycles. The highest BCUT2D eigenvalue weighted by molar-refractivity contribution is 5.80. The van der Waals surface area contributed by atoms with Crippen LogP contribution in [-0.2, 0) is 24.1 Å². The Morgan fingerprint density at radius 1 is 1.25 bits per heavy atom. The molecule has 2 aromatic carbocycles. The van der Waals surface area contributed by atoms with E-state index in [9.17, 15) is 4.79 Å². The lowest BCUT2D eigenvalue weighted by Gasteiger charge is -2.27. The largest absolute Gasteiger partial charge is 0.496 e. The molecule has 2 N–H and O–H groups in total. The van der Waals surface area contributed by atoms with E-state index < -0.39 is 0 Å². The van der Waals surface area contributed by atoms with Gasteiger partial charge in [0.15, 0.2) is 5.75 Å². The van der Waals surface area contributed by atoms with Crippen LogP contribution in [0.5, 0.6) is 11.5 Å². The molecule has 4 rings (SSSR count). The van der Waals surface area contributed by atoms with Gasteiger partial charge in [0.05, 0.1) is 13.5 Å². The number of fused-ring (bicyclic) bond motifs is 2. The highest BCUT2D eigenvalue weighted by Crippen LogP contribution is 2.38. The van der Waals surface area contributed by atoms with Gasteiger partial charge in [-0.15, -0.1) is 0 Å². The number of rotatable bonds is 7. The standard InChI is InChI=1S/C23H28N2O3/c1-27-21-7-3-5-19-17(4-2-6-20(19)21)11-13-24-12-10-16-8-9-18-15-23(26)25-28-22(18)14-16/h3,5,7-9,14,17,24H,2,4,6,10-13,15H2,1H3,(H,25,26). The summed E-state index contributed by atoms with van der Waals surface area (Å²) >= 11 is 0. The van der Waals surface area contributed by atoms with Crippen molar-refractivity contribution in [3.05, 3.63) is 58.7 Å². The molecule has 0 fully saturated rings. The fourth-order valence-electron chi connectivity index (χ4n) is 4.35. The lowest BCUT2D eigenvalue weighted by Crippen LogP contribution is -2.33. The number of hydrogen-bond donors (Lipinski definition) is 2. The minimum atomic E-state index is -0.0937. The molecule has 148 valence electrons. The SMILES string of the molecule is COc1cccc2c1CCCC2CCNCCc1ccc2c(c1)ONC(=O)C2. The van der Waals surface area contributed by atoms with Gasteiger partial charge in [-0.3, -0.25) is 4.79 Å². The second-order valence-electron chi connectivity index (χ2n) is 7.65. The van der Waals surface area contributed by atoms with Crippen LogP contribution in [-0.4, -0.2) is 26.1 Å². The predicted molar refractivity (Wildman–Crippen MR) is 109 cm³/mol. The Morgan fingerprint density at radius 2 is 2.18 bits per heavy atom. The minimum absolute atomic E-state index is 0.0937. The van der Waals surface area contributed by atoms with E-state index >= 15 is 0 Å². The quantitative estimate of drug-likeness (QED) is 0.724. The molecule has 0 saturated carbocycles. The fourth-order valence-corrected chi connectivity index (χ4v) is 4.35. The molecular formula is C23H28N2O3. The molecule has 0 bridgehead atoms. The van der Waals surface area contributed by atoms with Crippen molar-refractivity contribution >= 4 is 5.91 Å². The highest BCUT2D eigenvalue weighted by atomic mass is 16.7. The molecule has 28 heavy (non-hydrogen) atoms. The zero-order chi connectivity index (χ0) is 19.3. The van der Waals surface area contributed by atoms with Crippen LogP contribution in [0.1, 0.15) is 47.4 Å². The van der Waals surface area contributed by atoms with Crippen LogP contribution < -0.4 is 20.4 Å². The van der Waals surface area contributed by atoms with Crippen LogP contribution in [0.25, 0.3) is 0 Å². The zero-order valence-corrected chi connectivity index (χ0v) is 16.4. The molecule has 1 heterocycles. The third kappa shape index (κ3) is 4.14. The van der Waals surface area contributed by atoms with Gasteiger partial charge in [-0.1, -0.05) is 24.3 Å². The first-order chi connectivity index (χ1) is 13.7. The lowest BCUT2D eigenvalue weighted by molar-refractivity contribution is -0.128. The number of hydroxylamine groups is 1. The maximum absolute atomic E-state index is 11.3. The fraction of sp³-hybridized carbons (Fsp3) is 0.435. The summed E-state index contributed by atoms with van der Waals surface area (Å²) in [6.07, 6.45) is 6.12. The molecule has 0 spiro atoms. The van der Waals surface area contributed by atoms with Gasteiger partial charge in [0.2, 0.25) is 0 Å². The van der Waals surface area contributed by atoms with Crippen molar-refractivity contribution in [2.24, 2.45) is 0 Å². The van der Waals surface area contributed by atoms with E-state index in [2.05, 4.69) is 35.1 Å². The second-order valence-corrected chi connectivity index (χ2v) is 7.65. The van der Waals surface area contributed by atoms with E-state index in [1.807, 2.05) is 12.1 Å². The smallest absolute Gasteiger partial charge is 0.257 e. The van der Waals surface area contributed by atoms with E-state index in [0.29, 0.717) is 12.3 Å². The predicted octanol–water partition coefficient (Wildman–Crippen LogP) is 3.30. The van der Waals surface area contributed by atoms with Crippen LogP contribution in [0.2, 0.25) is 0 Å². The molecule has 0 radical (unpaired) electrons. The minimum Gasteiger partial charge on any atom is -0.496 e. The molecule has 2 aliphatic rings. The van der Waals surface area contributed by atoms with Gasteiger partial charge >= 0.3 is 0 Å². The number of ether oxygens (including phenoxy) is 1. The molecule has 0 saturated heterocycles. The molecule has 1 atom stereocenters.